The molecule has 2 aromatic rings. The van der Waals surface area contributed by atoms with Crippen LogP contribution in [0.2, 0.25) is 5.02 Å². The smallest absolute Gasteiger partial charge is 0.336 e. The van der Waals surface area contributed by atoms with Crippen molar-refractivity contribution in [3.05, 3.63) is 28.9 Å². The van der Waals surface area contributed by atoms with Crippen molar-refractivity contribution in [3.8, 4) is 5.75 Å². The molecule has 1 fully saturated rings. The molecule has 1 aromatic carbocycles. The van der Waals surface area contributed by atoms with Gasteiger partial charge >= 0.3 is 11.9 Å². The molecule has 1 aliphatic heterocycles. The summed E-state index contributed by atoms with van der Waals surface area (Å²) in [5.41, 5.74) is 6.69. The maximum absolute atomic E-state index is 12.9. The fraction of sp³-hybridized carbons (Fsp3) is 0.500. The van der Waals surface area contributed by atoms with Crippen LogP contribution in [0.4, 0.5) is 0 Å². The number of piperidine rings is 1. The predicted molar refractivity (Wildman–Crippen MR) is 130 cm³/mol. The SMILES string of the molecule is COc1cc(Cl)cc2[nH]c(C(=O)N[C@@H](CC(C)C)C(=O)OC(=O)[C@@H](N)C[C@@H]3CCCNC3=O)cc12. The number of aromatic amines is 1. The Hall–Kier alpha value is -3.11. The first kappa shape index (κ1) is 26.5. The van der Waals surface area contributed by atoms with Crippen molar-refractivity contribution >= 4 is 46.3 Å². The van der Waals surface area contributed by atoms with Crippen LogP contribution in [-0.2, 0) is 19.1 Å². The molecular formula is C24H31ClN4O6. The molecule has 1 aromatic heterocycles. The van der Waals surface area contributed by atoms with E-state index in [0.717, 1.165) is 6.42 Å². The van der Waals surface area contributed by atoms with Crippen LogP contribution in [0.5, 0.6) is 5.75 Å². The summed E-state index contributed by atoms with van der Waals surface area (Å²) in [6.45, 7) is 4.34. The lowest BCUT2D eigenvalue weighted by Crippen LogP contribution is -2.46. The molecule has 190 valence electrons. The van der Waals surface area contributed by atoms with Crippen molar-refractivity contribution < 1.29 is 28.7 Å². The van der Waals surface area contributed by atoms with Crippen LogP contribution in [0.1, 0.15) is 50.0 Å². The number of amides is 2. The van der Waals surface area contributed by atoms with E-state index in [4.69, 9.17) is 26.8 Å². The molecule has 11 heteroatoms. The largest absolute Gasteiger partial charge is 0.496 e. The maximum Gasteiger partial charge on any atom is 0.336 e. The fourth-order valence-corrected chi connectivity index (χ4v) is 4.30. The minimum absolute atomic E-state index is 0.0178. The van der Waals surface area contributed by atoms with E-state index in [-0.39, 0.29) is 30.4 Å². The van der Waals surface area contributed by atoms with Crippen LogP contribution in [0.3, 0.4) is 0 Å². The number of carbonyl (C=O) groups is 4. The molecule has 0 aliphatic carbocycles. The number of halogens is 1. The van der Waals surface area contributed by atoms with Crippen molar-refractivity contribution in [2.24, 2.45) is 17.6 Å². The van der Waals surface area contributed by atoms with Crippen LogP contribution >= 0.6 is 11.6 Å². The molecule has 0 saturated carbocycles. The second-order valence-corrected chi connectivity index (χ2v) is 9.56. The van der Waals surface area contributed by atoms with Gasteiger partial charge in [0, 0.05) is 22.9 Å². The molecule has 10 nitrogen and oxygen atoms in total. The summed E-state index contributed by atoms with van der Waals surface area (Å²) in [7, 11) is 1.49. The Balaban J connectivity index is 1.68. The molecule has 0 radical (unpaired) electrons. The lowest BCUT2D eigenvalue weighted by atomic mass is 9.92. The zero-order chi connectivity index (χ0) is 25.7. The lowest BCUT2D eigenvalue weighted by molar-refractivity contribution is -0.162. The van der Waals surface area contributed by atoms with Crippen LogP contribution in [0.15, 0.2) is 18.2 Å². The van der Waals surface area contributed by atoms with Crippen molar-refractivity contribution in [1.29, 1.82) is 0 Å². The van der Waals surface area contributed by atoms with Gasteiger partial charge in [-0.1, -0.05) is 25.4 Å². The topological polar surface area (TPSA) is 153 Å². The Labute approximate surface area is 208 Å². The third-order valence-corrected chi connectivity index (χ3v) is 6.09. The van der Waals surface area contributed by atoms with E-state index in [9.17, 15) is 19.2 Å². The fourth-order valence-electron chi connectivity index (χ4n) is 4.09. The second kappa shape index (κ2) is 11.5. The number of esters is 2. The van der Waals surface area contributed by atoms with E-state index in [2.05, 4.69) is 15.6 Å². The summed E-state index contributed by atoms with van der Waals surface area (Å²) in [6.07, 6.45) is 1.74. The van der Waals surface area contributed by atoms with Gasteiger partial charge in [-0.15, -0.1) is 0 Å². The Morgan fingerprint density at radius 3 is 2.63 bits per heavy atom. The van der Waals surface area contributed by atoms with E-state index in [1.165, 1.54) is 7.11 Å². The minimum Gasteiger partial charge on any atom is -0.496 e. The first-order valence-corrected chi connectivity index (χ1v) is 11.9. The number of hydrogen-bond donors (Lipinski definition) is 4. The normalized spacial score (nSPS) is 17.5. The van der Waals surface area contributed by atoms with Gasteiger partial charge in [-0.2, -0.15) is 0 Å². The van der Waals surface area contributed by atoms with Gasteiger partial charge in [0.05, 0.1) is 12.6 Å². The van der Waals surface area contributed by atoms with E-state index >= 15 is 0 Å². The number of H-pyrrole nitrogens is 1. The molecule has 2 amide bonds. The molecule has 5 N–H and O–H groups in total. The number of fused-ring (bicyclic) bond motifs is 1. The highest BCUT2D eigenvalue weighted by atomic mass is 35.5. The number of nitrogens with two attached hydrogens (primary N) is 1. The molecule has 2 heterocycles. The summed E-state index contributed by atoms with van der Waals surface area (Å²) >= 11 is 6.09. The Morgan fingerprint density at radius 1 is 1.23 bits per heavy atom. The van der Waals surface area contributed by atoms with E-state index < -0.39 is 35.8 Å². The number of rotatable bonds is 9. The molecule has 1 aliphatic rings. The third kappa shape index (κ3) is 6.73. The molecule has 0 unspecified atom stereocenters. The number of aromatic nitrogens is 1. The average molecular weight is 507 g/mol. The molecule has 1 saturated heterocycles. The average Bonchev–Trinajstić information content (AvgIpc) is 3.23. The van der Waals surface area contributed by atoms with Gasteiger partial charge in [0.2, 0.25) is 5.91 Å². The molecule has 3 atom stereocenters. The predicted octanol–water partition coefficient (Wildman–Crippen LogP) is 2.29. The van der Waals surface area contributed by atoms with Crippen molar-refractivity contribution in [2.75, 3.05) is 13.7 Å². The Morgan fingerprint density at radius 2 is 1.97 bits per heavy atom. The summed E-state index contributed by atoms with van der Waals surface area (Å²) < 4.78 is 10.3. The summed E-state index contributed by atoms with van der Waals surface area (Å²) in [6, 6.07) is 2.67. The monoisotopic (exact) mass is 506 g/mol. The highest BCUT2D eigenvalue weighted by molar-refractivity contribution is 6.31. The number of methoxy groups -OCH3 is 1. The van der Waals surface area contributed by atoms with Crippen molar-refractivity contribution in [1.82, 2.24) is 15.6 Å². The number of carbonyl (C=O) groups excluding carboxylic acids is 4. The van der Waals surface area contributed by atoms with Crippen LogP contribution in [-0.4, -0.2) is 54.5 Å². The van der Waals surface area contributed by atoms with Crippen LogP contribution in [0.25, 0.3) is 10.9 Å². The zero-order valence-electron chi connectivity index (χ0n) is 20.0. The first-order chi connectivity index (χ1) is 16.6. The quantitative estimate of drug-likeness (QED) is 0.300. The molecule has 0 bridgehead atoms. The van der Waals surface area contributed by atoms with Crippen LogP contribution in [0, 0.1) is 11.8 Å². The van der Waals surface area contributed by atoms with Gasteiger partial charge in [-0.3, -0.25) is 9.59 Å². The van der Waals surface area contributed by atoms with Gasteiger partial charge in [-0.25, -0.2) is 9.59 Å². The number of nitrogens with one attached hydrogen (secondary N) is 3. The number of ether oxygens (including phenoxy) is 2. The van der Waals surface area contributed by atoms with E-state index in [1.54, 1.807) is 18.2 Å². The van der Waals surface area contributed by atoms with Gasteiger partial charge < -0.3 is 30.8 Å². The van der Waals surface area contributed by atoms with Gasteiger partial charge in [0.15, 0.2) is 0 Å². The van der Waals surface area contributed by atoms with Crippen molar-refractivity contribution in [3.63, 3.8) is 0 Å². The van der Waals surface area contributed by atoms with E-state index in [1.807, 2.05) is 13.8 Å². The summed E-state index contributed by atoms with van der Waals surface area (Å²) in [5.74, 6) is -2.44. The highest BCUT2D eigenvalue weighted by Crippen LogP contribution is 2.30. The number of hydrogen-bond acceptors (Lipinski definition) is 7. The minimum atomic E-state index is -1.13. The lowest BCUT2D eigenvalue weighted by Gasteiger charge is -2.24. The van der Waals surface area contributed by atoms with Gasteiger partial charge in [0.25, 0.3) is 5.91 Å². The summed E-state index contributed by atoms with van der Waals surface area (Å²) in [4.78, 5) is 53.1. The standard InChI is InChI=1S/C24H31ClN4O6/c1-12(2)7-19(24(33)35-23(32)16(26)8-13-5-4-6-27-21(13)30)29-22(31)18-11-15-17(28-18)9-14(25)10-20(15)34-3/h9-13,16,19,28H,4-8,26H2,1-3H3,(H,27,30)(H,29,31)/t13-,16-,19-/m0/s1. The van der Waals surface area contributed by atoms with Gasteiger partial charge in [0.1, 0.15) is 23.5 Å². The van der Waals surface area contributed by atoms with E-state index in [0.29, 0.717) is 34.6 Å². The highest BCUT2D eigenvalue weighted by Gasteiger charge is 2.31. The zero-order valence-corrected chi connectivity index (χ0v) is 20.7. The van der Waals surface area contributed by atoms with Crippen molar-refractivity contribution in [2.45, 2.75) is 51.6 Å². The van der Waals surface area contributed by atoms with Gasteiger partial charge in [-0.05, 0) is 49.8 Å². The van der Waals surface area contributed by atoms with Crippen LogP contribution < -0.4 is 21.1 Å². The molecular weight excluding hydrogens is 476 g/mol. The third-order valence-electron chi connectivity index (χ3n) is 5.87. The summed E-state index contributed by atoms with van der Waals surface area (Å²) in [5, 5.41) is 6.46. The molecule has 3 rings (SSSR count). The Bertz CT molecular complexity index is 1110. The number of benzene rings is 1. The Kier molecular flexibility index (Phi) is 8.74. The molecule has 0 spiro atoms. The second-order valence-electron chi connectivity index (χ2n) is 9.12. The molecule has 35 heavy (non-hydrogen) atoms. The maximum atomic E-state index is 12.9. The first-order valence-electron chi connectivity index (χ1n) is 11.5.